The Hall–Kier alpha value is 0. The van der Waals surface area contributed by atoms with Gasteiger partial charge in [-0.1, -0.05) is 13.8 Å². The summed E-state index contributed by atoms with van der Waals surface area (Å²) in [5.74, 6) is 2.55. The van der Waals surface area contributed by atoms with Crippen molar-refractivity contribution in [2.45, 2.75) is 33.1 Å². The van der Waals surface area contributed by atoms with Crippen LogP contribution in [-0.4, -0.2) is 0 Å². The van der Waals surface area contributed by atoms with Crippen molar-refractivity contribution in [3.63, 3.8) is 0 Å². The molecular weight excluding hydrogens is 96.1 g/mol. The van der Waals surface area contributed by atoms with Gasteiger partial charge in [0, 0.05) is 0 Å². The van der Waals surface area contributed by atoms with E-state index < -0.39 is 0 Å². The molecule has 0 saturated heterocycles. The minimum Gasteiger partial charge on any atom is -0.0620 e. The van der Waals surface area contributed by atoms with Crippen LogP contribution in [0.15, 0.2) is 0 Å². The Morgan fingerprint density at radius 1 is 1.62 bits per heavy atom. The molecule has 0 spiro atoms. The van der Waals surface area contributed by atoms with Gasteiger partial charge in [-0.3, -0.25) is 0 Å². The molecule has 1 atom stereocenters. The summed E-state index contributed by atoms with van der Waals surface area (Å²) >= 11 is 0. The maximum absolute atomic E-state index is 2.40. The third-order valence-electron chi connectivity index (χ3n) is 2.10. The summed E-state index contributed by atoms with van der Waals surface area (Å²) in [4.78, 5) is 0. The maximum Gasteiger partial charge on any atom is -0.0244 e. The summed E-state index contributed by atoms with van der Waals surface area (Å²) in [6.45, 7) is 4.59. The fourth-order valence-corrected chi connectivity index (χ4v) is 1.15. The van der Waals surface area contributed by atoms with Crippen molar-refractivity contribution in [1.82, 2.24) is 0 Å². The molecule has 0 aliphatic heterocycles. The van der Waals surface area contributed by atoms with Crippen LogP contribution >= 0.6 is 0 Å². The highest BCUT2D eigenvalue weighted by Gasteiger charge is 2.16. The third-order valence-corrected chi connectivity index (χ3v) is 2.10. The van der Waals surface area contributed by atoms with E-state index in [-0.39, 0.29) is 0 Å². The summed E-state index contributed by atoms with van der Waals surface area (Å²) in [5.41, 5.74) is 0. The Labute approximate surface area is 52.3 Å². The first-order valence-electron chi connectivity index (χ1n) is 3.44. The van der Waals surface area contributed by atoms with E-state index in [1.807, 2.05) is 0 Å². The van der Waals surface area contributed by atoms with Crippen molar-refractivity contribution in [3.05, 3.63) is 12.3 Å². The molecule has 0 amide bonds. The van der Waals surface area contributed by atoms with Gasteiger partial charge in [0.05, 0.1) is 0 Å². The average Bonchev–Trinajstić information content (AvgIpc) is 1.77. The molecule has 1 aliphatic carbocycles. The van der Waals surface area contributed by atoms with E-state index in [1.165, 1.54) is 19.3 Å². The molecule has 1 rings (SSSR count). The van der Waals surface area contributed by atoms with Gasteiger partial charge >= 0.3 is 0 Å². The SMILES string of the molecule is C[C]1CC[CH]CC1C. The quantitative estimate of drug-likeness (QED) is 0.449. The molecule has 1 saturated carbocycles. The van der Waals surface area contributed by atoms with Crippen LogP contribution in [0.2, 0.25) is 0 Å². The van der Waals surface area contributed by atoms with Crippen LogP contribution in [-0.2, 0) is 0 Å². The van der Waals surface area contributed by atoms with Gasteiger partial charge in [0.1, 0.15) is 0 Å². The minimum absolute atomic E-state index is 0.865. The lowest BCUT2D eigenvalue weighted by atomic mass is 9.82. The zero-order valence-corrected chi connectivity index (χ0v) is 5.78. The molecule has 46 valence electrons. The summed E-state index contributed by atoms with van der Waals surface area (Å²) < 4.78 is 0. The Morgan fingerprint density at radius 3 is 2.75 bits per heavy atom. The van der Waals surface area contributed by atoms with Gasteiger partial charge in [0.2, 0.25) is 0 Å². The topological polar surface area (TPSA) is 0 Å². The van der Waals surface area contributed by atoms with Gasteiger partial charge in [0.25, 0.3) is 0 Å². The Morgan fingerprint density at radius 2 is 2.38 bits per heavy atom. The van der Waals surface area contributed by atoms with E-state index in [0.29, 0.717) is 0 Å². The van der Waals surface area contributed by atoms with Crippen LogP contribution < -0.4 is 0 Å². The van der Waals surface area contributed by atoms with Crippen LogP contribution in [0.5, 0.6) is 0 Å². The van der Waals surface area contributed by atoms with Gasteiger partial charge in [-0.05, 0) is 37.5 Å². The van der Waals surface area contributed by atoms with Gasteiger partial charge in [0.15, 0.2) is 0 Å². The molecule has 8 heavy (non-hydrogen) atoms. The normalized spacial score (nSPS) is 33.0. The average molecular weight is 110 g/mol. The number of hydrogen-bond donors (Lipinski definition) is 0. The van der Waals surface area contributed by atoms with Gasteiger partial charge in [-0.25, -0.2) is 0 Å². The number of rotatable bonds is 0. The molecule has 0 aromatic heterocycles. The molecule has 1 unspecified atom stereocenters. The number of hydrogen-bond acceptors (Lipinski definition) is 0. The highest BCUT2D eigenvalue weighted by Crippen LogP contribution is 2.29. The Balaban J connectivity index is 2.28. The van der Waals surface area contributed by atoms with Crippen molar-refractivity contribution in [1.29, 1.82) is 0 Å². The van der Waals surface area contributed by atoms with Crippen LogP contribution in [0.1, 0.15) is 33.1 Å². The summed E-state index contributed by atoms with van der Waals surface area (Å²) in [7, 11) is 0. The predicted molar refractivity (Wildman–Crippen MR) is 36.2 cm³/mol. The molecule has 2 radical (unpaired) electrons. The Bertz CT molecular complexity index is 56.4. The highest BCUT2D eigenvalue weighted by atomic mass is 14.2. The molecule has 1 aliphatic rings. The van der Waals surface area contributed by atoms with E-state index in [0.717, 1.165) is 5.92 Å². The van der Waals surface area contributed by atoms with E-state index in [9.17, 15) is 0 Å². The lowest BCUT2D eigenvalue weighted by Gasteiger charge is -2.23. The van der Waals surface area contributed by atoms with Gasteiger partial charge in [-0.15, -0.1) is 0 Å². The zero-order valence-electron chi connectivity index (χ0n) is 5.78. The molecule has 0 heteroatoms. The summed E-state index contributed by atoms with van der Waals surface area (Å²) in [5, 5.41) is 0. The molecule has 1 fully saturated rings. The van der Waals surface area contributed by atoms with Crippen LogP contribution in [0.4, 0.5) is 0 Å². The van der Waals surface area contributed by atoms with Crippen molar-refractivity contribution < 1.29 is 0 Å². The first kappa shape index (κ1) is 6.12. The molecular formula is C8H14. The maximum atomic E-state index is 2.40. The third kappa shape index (κ3) is 1.24. The van der Waals surface area contributed by atoms with E-state index in [2.05, 4.69) is 20.3 Å². The largest absolute Gasteiger partial charge is 0.0620 e. The smallest absolute Gasteiger partial charge is 0.0244 e. The van der Waals surface area contributed by atoms with Gasteiger partial charge in [-0.2, -0.15) is 0 Å². The van der Waals surface area contributed by atoms with E-state index in [1.54, 1.807) is 5.92 Å². The second kappa shape index (κ2) is 2.52. The monoisotopic (exact) mass is 110 g/mol. The fraction of sp³-hybridized carbons (Fsp3) is 0.750. The predicted octanol–water partition coefficient (Wildman–Crippen LogP) is 2.61. The van der Waals surface area contributed by atoms with Gasteiger partial charge < -0.3 is 0 Å². The van der Waals surface area contributed by atoms with Crippen molar-refractivity contribution >= 4 is 0 Å². The summed E-state index contributed by atoms with van der Waals surface area (Å²) in [6, 6.07) is 0. The first-order chi connectivity index (χ1) is 3.80. The standard InChI is InChI=1S/C8H14/c1-7-5-3-4-6-8(7)2/h3,7H,4-6H2,1-2H3. The van der Waals surface area contributed by atoms with Crippen molar-refractivity contribution in [2.24, 2.45) is 5.92 Å². The van der Waals surface area contributed by atoms with E-state index in [4.69, 9.17) is 0 Å². The Kier molecular flexibility index (Phi) is 1.93. The molecule has 0 heterocycles. The highest BCUT2D eigenvalue weighted by molar-refractivity contribution is 4.97. The molecule has 0 N–H and O–H groups in total. The molecule has 0 bridgehead atoms. The van der Waals surface area contributed by atoms with Crippen LogP contribution in [0.25, 0.3) is 0 Å². The molecule has 0 nitrogen and oxygen atoms in total. The lowest BCUT2D eigenvalue weighted by molar-refractivity contribution is 0.491. The molecule has 0 aromatic carbocycles. The second-order valence-electron chi connectivity index (χ2n) is 2.81. The van der Waals surface area contributed by atoms with Crippen LogP contribution in [0, 0.1) is 18.3 Å². The lowest BCUT2D eigenvalue weighted by Crippen LogP contribution is -2.10. The van der Waals surface area contributed by atoms with E-state index >= 15 is 0 Å². The van der Waals surface area contributed by atoms with Crippen LogP contribution in [0.3, 0.4) is 0 Å². The molecule has 0 aromatic rings. The summed E-state index contributed by atoms with van der Waals surface area (Å²) in [6.07, 6.45) is 6.36. The zero-order chi connectivity index (χ0) is 5.98. The fourth-order valence-electron chi connectivity index (χ4n) is 1.15. The second-order valence-corrected chi connectivity index (χ2v) is 2.81. The van der Waals surface area contributed by atoms with Crippen molar-refractivity contribution in [3.8, 4) is 0 Å². The van der Waals surface area contributed by atoms with Crippen molar-refractivity contribution in [2.75, 3.05) is 0 Å². The first-order valence-corrected chi connectivity index (χ1v) is 3.44. The minimum atomic E-state index is 0.865.